The number of benzene rings is 1. The van der Waals surface area contributed by atoms with Crippen molar-refractivity contribution in [2.75, 3.05) is 25.0 Å². The second-order valence-electron chi connectivity index (χ2n) is 5.24. The summed E-state index contributed by atoms with van der Waals surface area (Å²) in [6, 6.07) is 6.37. The van der Waals surface area contributed by atoms with E-state index in [1.807, 2.05) is 11.0 Å². The van der Waals surface area contributed by atoms with E-state index in [2.05, 4.69) is 31.3 Å². The quantitative estimate of drug-likeness (QED) is 0.866. The summed E-state index contributed by atoms with van der Waals surface area (Å²) in [6.07, 6.45) is 2.10. The number of nitrogens with one attached hydrogen (secondary N) is 1. The molecule has 1 aromatic rings. The van der Waals surface area contributed by atoms with Crippen LogP contribution in [0.2, 0.25) is 0 Å². The van der Waals surface area contributed by atoms with Gasteiger partial charge in [-0.15, -0.1) is 0 Å². The lowest BCUT2D eigenvalue weighted by Crippen LogP contribution is -2.42. The summed E-state index contributed by atoms with van der Waals surface area (Å²) in [4.78, 5) is 14.1. The maximum Gasteiger partial charge on any atom is 0.242 e. The third kappa shape index (κ3) is 3.07. The number of amides is 1. The lowest BCUT2D eigenvalue weighted by atomic mass is 10.1. The predicted octanol–water partition coefficient (Wildman–Crippen LogP) is 1.67. The molecule has 1 unspecified atom stereocenters. The fourth-order valence-electron chi connectivity index (χ4n) is 2.77. The van der Waals surface area contributed by atoms with Gasteiger partial charge in [0.2, 0.25) is 5.91 Å². The molecule has 1 aliphatic rings. The predicted molar refractivity (Wildman–Crippen MR) is 78.2 cm³/mol. The lowest BCUT2D eigenvalue weighted by Gasteiger charge is -2.24. The highest BCUT2D eigenvalue weighted by molar-refractivity contribution is 5.82. The molecule has 0 aromatic heterocycles. The number of nitrogens with two attached hydrogens (primary N) is 1. The second-order valence-corrected chi connectivity index (χ2v) is 5.24. The average molecular weight is 261 g/mol. The molecule has 0 saturated carbocycles. The molecule has 1 amide bonds. The van der Waals surface area contributed by atoms with E-state index in [9.17, 15) is 4.79 Å². The molecule has 19 heavy (non-hydrogen) atoms. The number of para-hydroxylation sites is 1. The zero-order valence-electron chi connectivity index (χ0n) is 11.8. The first-order chi connectivity index (χ1) is 9.13. The Hall–Kier alpha value is -1.55. The molecule has 1 aromatic carbocycles. The van der Waals surface area contributed by atoms with E-state index in [4.69, 9.17) is 5.73 Å². The van der Waals surface area contributed by atoms with Crippen molar-refractivity contribution in [3.05, 3.63) is 29.3 Å². The van der Waals surface area contributed by atoms with Crippen molar-refractivity contribution in [3.8, 4) is 0 Å². The van der Waals surface area contributed by atoms with Gasteiger partial charge in [-0.2, -0.15) is 0 Å². The van der Waals surface area contributed by atoms with Crippen LogP contribution in [0.3, 0.4) is 0 Å². The number of nitrogens with zero attached hydrogens (tertiary/aromatic N) is 1. The molecule has 0 radical (unpaired) electrons. The van der Waals surface area contributed by atoms with Crippen molar-refractivity contribution < 1.29 is 4.79 Å². The minimum absolute atomic E-state index is 0.149. The van der Waals surface area contributed by atoms with E-state index < -0.39 is 0 Å². The summed E-state index contributed by atoms with van der Waals surface area (Å²) in [6.45, 7) is 5.86. The number of likely N-dealkylation sites (tertiary alicyclic amines) is 1. The number of carbonyl (C=O) groups is 1. The molecule has 1 aliphatic heterocycles. The maximum absolute atomic E-state index is 12.2. The minimum Gasteiger partial charge on any atom is -0.376 e. The van der Waals surface area contributed by atoms with Crippen LogP contribution in [-0.4, -0.2) is 36.5 Å². The van der Waals surface area contributed by atoms with Crippen LogP contribution in [0.1, 0.15) is 24.0 Å². The van der Waals surface area contributed by atoms with Gasteiger partial charge in [0.1, 0.15) is 0 Å². The zero-order valence-corrected chi connectivity index (χ0v) is 11.8. The molecule has 1 heterocycles. The van der Waals surface area contributed by atoms with Crippen molar-refractivity contribution >= 4 is 11.6 Å². The third-order valence-corrected chi connectivity index (χ3v) is 3.87. The highest BCUT2D eigenvalue weighted by Gasteiger charge is 2.27. The Morgan fingerprint density at radius 1 is 1.42 bits per heavy atom. The van der Waals surface area contributed by atoms with E-state index in [-0.39, 0.29) is 11.9 Å². The minimum atomic E-state index is 0.149. The van der Waals surface area contributed by atoms with Crippen LogP contribution in [0.5, 0.6) is 0 Å². The Balaban J connectivity index is 1.97. The Morgan fingerprint density at radius 3 is 2.74 bits per heavy atom. The molecule has 3 N–H and O–H groups in total. The first-order valence-electron chi connectivity index (χ1n) is 6.93. The van der Waals surface area contributed by atoms with Crippen LogP contribution in [0.25, 0.3) is 0 Å². The number of aryl methyl sites for hydroxylation is 2. The largest absolute Gasteiger partial charge is 0.376 e. The van der Waals surface area contributed by atoms with Crippen LogP contribution in [0.4, 0.5) is 5.69 Å². The van der Waals surface area contributed by atoms with Crippen molar-refractivity contribution in [2.45, 2.75) is 32.7 Å². The highest BCUT2D eigenvalue weighted by atomic mass is 16.2. The number of rotatable bonds is 4. The van der Waals surface area contributed by atoms with E-state index in [0.29, 0.717) is 13.1 Å². The van der Waals surface area contributed by atoms with E-state index in [1.165, 1.54) is 11.1 Å². The smallest absolute Gasteiger partial charge is 0.242 e. The molecule has 1 atom stereocenters. The number of carbonyl (C=O) groups excluding carboxylic acids is 1. The monoisotopic (exact) mass is 261 g/mol. The Kier molecular flexibility index (Phi) is 4.43. The summed E-state index contributed by atoms with van der Waals surface area (Å²) >= 11 is 0. The average Bonchev–Trinajstić information content (AvgIpc) is 2.86. The van der Waals surface area contributed by atoms with E-state index >= 15 is 0 Å². The van der Waals surface area contributed by atoms with E-state index in [1.54, 1.807) is 0 Å². The fraction of sp³-hybridized carbons (Fsp3) is 0.533. The third-order valence-electron chi connectivity index (χ3n) is 3.87. The van der Waals surface area contributed by atoms with Gasteiger partial charge in [0.25, 0.3) is 0 Å². The Bertz CT molecular complexity index is 438. The second kappa shape index (κ2) is 6.06. The fourth-order valence-corrected chi connectivity index (χ4v) is 2.77. The molecule has 4 heteroatoms. The van der Waals surface area contributed by atoms with Crippen molar-refractivity contribution in [1.82, 2.24) is 4.90 Å². The van der Waals surface area contributed by atoms with Crippen molar-refractivity contribution in [1.29, 1.82) is 0 Å². The molecule has 1 saturated heterocycles. The van der Waals surface area contributed by atoms with Gasteiger partial charge in [0, 0.05) is 24.8 Å². The topological polar surface area (TPSA) is 58.4 Å². The van der Waals surface area contributed by atoms with Crippen molar-refractivity contribution in [3.63, 3.8) is 0 Å². The van der Waals surface area contributed by atoms with Gasteiger partial charge in [-0.1, -0.05) is 18.2 Å². The summed E-state index contributed by atoms with van der Waals surface area (Å²) in [7, 11) is 0. The molecule has 4 nitrogen and oxygen atoms in total. The SMILES string of the molecule is Cc1cccc(C)c1NCC(=O)N1CCCC1CN. The standard InChI is InChI=1S/C15H23N3O/c1-11-5-3-6-12(2)15(11)17-10-14(19)18-8-4-7-13(18)9-16/h3,5-6,13,17H,4,7-10,16H2,1-2H3. The molecule has 1 fully saturated rings. The summed E-state index contributed by atoms with van der Waals surface area (Å²) < 4.78 is 0. The van der Waals surface area contributed by atoms with Crippen LogP contribution >= 0.6 is 0 Å². The number of hydrogen-bond acceptors (Lipinski definition) is 3. The Labute approximate surface area is 115 Å². The maximum atomic E-state index is 12.2. The van der Waals surface area contributed by atoms with Gasteiger partial charge in [-0.3, -0.25) is 4.79 Å². The van der Waals surface area contributed by atoms with Gasteiger partial charge >= 0.3 is 0 Å². The molecule has 2 rings (SSSR count). The molecular formula is C15H23N3O. The van der Waals surface area contributed by atoms with Gasteiger partial charge in [0.05, 0.1) is 6.54 Å². The molecular weight excluding hydrogens is 238 g/mol. The normalized spacial score (nSPS) is 18.7. The Morgan fingerprint density at radius 2 is 2.11 bits per heavy atom. The van der Waals surface area contributed by atoms with Gasteiger partial charge in [0.15, 0.2) is 0 Å². The van der Waals surface area contributed by atoms with Gasteiger partial charge in [-0.25, -0.2) is 0 Å². The first-order valence-corrected chi connectivity index (χ1v) is 6.93. The zero-order chi connectivity index (χ0) is 13.8. The molecule has 0 aliphatic carbocycles. The highest BCUT2D eigenvalue weighted by Crippen LogP contribution is 2.20. The van der Waals surface area contributed by atoms with Crippen LogP contribution in [-0.2, 0) is 4.79 Å². The summed E-state index contributed by atoms with van der Waals surface area (Å²) in [5, 5.41) is 3.27. The summed E-state index contributed by atoms with van der Waals surface area (Å²) in [5.74, 6) is 0.149. The molecule has 104 valence electrons. The summed E-state index contributed by atoms with van der Waals surface area (Å²) in [5.41, 5.74) is 9.11. The number of hydrogen-bond donors (Lipinski definition) is 2. The molecule has 0 spiro atoms. The van der Waals surface area contributed by atoms with E-state index in [0.717, 1.165) is 25.1 Å². The lowest BCUT2D eigenvalue weighted by molar-refractivity contribution is -0.129. The van der Waals surface area contributed by atoms with Crippen LogP contribution in [0.15, 0.2) is 18.2 Å². The van der Waals surface area contributed by atoms with Gasteiger partial charge in [-0.05, 0) is 37.8 Å². The first kappa shape index (κ1) is 13.9. The van der Waals surface area contributed by atoms with Crippen LogP contribution in [0, 0.1) is 13.8 Å². The van der Waals surface area contributed by atoms with Gasteiger partial charge < -0.3 is 16.0 Å². The van der Waals surface area contributed by atoms with Crippen molar-refractivity contribution in [2.24, 2.45) is 5.73 Å². The van der Waals surface area contributed by atoms with Crippen LogP contribution < -0.4 is 11.1 Å². The molecule has 0 bridgehead atoms. The number of anilines is 1.